The first kappa shape index (κ1) is 15.0. The van der Waals surface area contributed by atoms with E-state index in [0.717, 1.165) is 5.56 Å². The third-order valence-corrected chi connectivity index (χ3v) is 3.68. The average molecular weight is 279 g/mol. The predicted molar refractivity (Wildman–Crippen MR) is 74.7 cm³/mol. The van der Waals surface area contributed by atoms with Gasteiger partial charge in [-0.1, -0.05) is 18.2 Å². The van der Waals surface area contributed by atoms with Gasteiger partial charge in [-0.25, -0.2) is 4.79 Å². The van der Waals surface area contributed by atoms with Gasteiger partial charge in [-0.05, 0) is 18.7 Å². The van der Waals surface area contributed by atoms with Gasteiger partial charge in [-0.2, -0.15) is 0 Å². The summed E-state index contributed by atoms with van der Waals surface area (Å²) in [5.74, 6) is -0.918. The van der Waals surface area contributed by atoms with E-state index in [1.807, 2.05) is 24.1 Å². The van der Waals surface area contributed by atoms with Crippen LogP contribution in [0.4, 0.5) is 0 Å². The highest BCUT2D eigenvalue weighted by Crippen LogP contribution is 2.22. The van der Waals surface area contributed by atoms with Gasteiger partial charge in [0.2, 0.25) is 0 Å². The number of benzene rings is 1. The quantitative estimate of drug-likeness (QED) is 0.851. The smallest absolute Gasteiger partial charge is 0.336 e. The summed E-state index contributed by atoms with van der Waals surface area (Å²) in [6.45, 7) is 2.18. The van der Waals surface area contributed by atoms with Gasteiger partial charge >= 0.3 is 5.97 Å². The molecule has 0 unspecified atom stereocenters. The SMILES string of the molecule is CN(Cc1ccccc1C(=O)O)CC1(O)CCOCC1. The van der Waals surface area contributed by atoms with Gasteiger partial charge in [-0.3, -0.25) is 4.90 Å². The van der Waals surface area contributed by atoms with Crippen LogP contribution in [0, 0.1) is 0 Å². The van der Waals surface area contributed by atoms with Gasteiger partial charge < -0.3 is 14.9 Å². The first-order valence-electron chi connectivity index (χ1n) is 6.80. The Bertz CT molecular complexity index is 469. The van der Waals surface area contributed by atoms with Crippen LogP contribution in [0.5, 0.6) is 0 Å². The first-order valence-corrected chi connectivity index (χ1v) is 6.80. The van der Waals surface area contributed by atoms with Crippen LogP contribution in [0.15, 0.2) is 24.3 Å². The lowest BCUT2D eigenvalue weighted by Gasteiger charge is -2.35. The predicted octanol–water partition coefficient (Wildman–Crippen LogP) is 1.36. The van der Waals surface area contributed by atoms with Gasteiger partial charge in [0, 0.05) is 39.1 Å². The molecule has 20 heavy (non-hydrogen) atoms. The van der Waals surface area contributed by atoms with Crippen molar-refractivity contribution in [3.05, 3.63) is 35.4 Å². The molecule has 0 atom stereocenters. The van der Waals surface area contributed by atoms with E-state index in [-0.39, 0.29) is 0 Å². The van der Waals surface area contributed by atoms with E-state index < -0.39 is 11.6 Å². The lowest BCUT2D eigenvalue weighted by atomic mass is 9.93. The lowest BCUT2D eigenvalue weighted by Crippen LogP contribution is -2.45. The molecule has 2 rings (SSSR count). The number of carboxylic acids is 1. The number of rotatable bonds is 5. The summed E-state index contributed by atoms with van der Waals surface area (Å²) >= 11 is 0. The minimum absolute atomic E-state index is 0.318. The number of hydrogen-bond acceptors (Lipinski definition) is 4. The normalized spacial score (nSPS) is 18.1. The van der Waals surface area contributed by atoms with Gasteiger partial charge in [-0.15, -0.1) is 0 Å². The Labute approximate surface area is 118 Å². The summed E-state index contributed by atoms with van der Waals surface area (Å²) in [5.41, 5.74) is 0.349. The van der Waals surface area contributed by atoms with Crippen molar-refractivity contribution in [3.63, 3.8) is 0 Å². The monoisotopic (exact) mass is 279 g/mol. The minimum atomic E-state index is -0.918. The molecule has 0 bridgehead atoms. The summed E-state index contributed by atoms with van der Waals surface area (Å²) in [5, 5.41) is 19.6. The van der Waals surface area contributed by atoms with Crippen molar-refractivity contribution in [2.75, 3.05) is 26.8 Å². The van der Waals surface area contributed by atoms with E-state index in [0.29, 0.717) is 44.7 Å². The molecular weight excluding hydrogens is 258 g/mol. The summed E-state index contributed by atoms with van der Waals surface area (Å²) < 4.78 is 5.26. The molecule has 5 heteroatoms. The highest BCUT2D eigenvalue weighted by molar-refractivity contribution is 5.89. The number of carbonyl (C=O) groups is 1. The van der Waals surface area contributed by atoms with Crippen molar-refractivity contribution in [2.24, 2.45) is 0 Å². The van der Waals surface area contributed by atoms with Crippen molar-refractivity contribution in [1.82, 2.24) is 4.90 Å². The number of carboxylic acid groups (broad SMARTS) is 1. The van der Waals surface area contributed by atoms with Gasteiger partial charge in [0.1, 0.15) is 0 Å². The Morgan fingerprint density at radius 3 is 2.65 bits per heavy atom. The molecule has 5 nitrogen and oxygen atoms in total. The molecule has 1 aliphatic rings. The Morgan fingerprint density at radius 2 is 2.00 bits per heavy atom. The maximum atomic E-state index is 11.2. The van der Waals surface area contributed by atoms with Crippen LogP contribution in [-0.4, -0.2) is 53.5 Å². The Kier molecular flexibility index (Phi) is 4.75. The molecule has 0 radical (unpaired) electrons. The van der Waals surface area contributed by atoms with E-state index in [9.17, 15) is 9.90 Å². The van der Waals surface area contributed by atoms with Crippen molar-refractivity contribution in [2.45, 2.75) is 25.0 Å². The molecule has 1 aromatic rings. The fourth-order valence-corrected chi connectivity index (χ4v) is 2.63. The van der Waals surface area contributed by atoms with Crippen LogP contribution in [0.25, 0.3) is 0 Å². The van der Waals surface area contributed by atoms with Gasteiger partial charge in [0.25, 0.3) is 0 Å². The zero-order valence-electron chi connectivity index (χ0n) is 11.7. The number of nitrogens with zero attached hydrogens (tertiary/aromatic N) is 1. The average Bonchev–Trinajstić information content (AvgIpc) is 2.39. The molecule has 1 aromatic carbocycles. The van der Waals surface area contributed by atoms with E-state index >= 15 is 0 Å². The number of likely N-dealkylation sites (N-methyl/N-ethyl adjacent to an activating group) is 1. The molecule has 0 spiro atoms. The Balaban J connectivity index is 2.01. The van der Waals surface area contributed by atoms with Crippen LogP contribution >= 0.6 is 0 Å². The number of aliphatic hydroxyl groups is 1. The van der Waals surface area contributed by atoms with Crippen LogP contribution < -0.4 is 0 Å². The van der Waals surface area contributed by atoms with Crippen LogP contribution in [0.3, 0.4) is 0 Å². The second kappa shape index (κ2) is 6.35. The van der Waals surface area contributed by atoms with E-state index in [2.05, 4.69) is 0 Å². The zero-order valence-corrected chi connectivity index (χ0v) is 11.7. The first-order chi connectivity index (χ1) is 9.50. The molecule has 1 fully saturated rings. The fourth-order valence-electron chi connectivity index (χ4n) is 2.63. The van der Waals surface area contributed by atoms with Gasteiger partial charge in [0.05, 0.1) is 11.2 Å². The molecule has 0 saturated carbocycles. The molecular formula is C15H21NO4. The molecule has 2 N–H and O–H groups in total. The Morgan fingerprint density at radius 1 is 1.35 bits per heavy atom. The molecule has 110 valence electrons. The highest BCUT2D eigenvalue weighted by Gasteiger charge is 2.31. The van der Waals surface area contributed by atoms with Crippen molar-refractivity contribution >= 4 is 5.97 Å². The fraction of sp³-hybridized carbons (Fsp3) is 0.533. The summed E-state index contributed by atoms with van der Waals surface area (Å²) in [7, 11) is 1.89. The lowest BCUT2D eigenvalue weighted by molar-refractivity contribution is -0.0777. The molecule has 0 aliphatic carbocycles. The molecule has 1 saturated heterocycles. The Hall–Kier alpha value is -1.43. The summed E-state index contributed by atoms with van der Waals surface area (Å²) in [6.07, 6.45) is 1.25. The van der Waals surface area contributed by atoms with Gasteiger partial charge in [0.15, 0.2) is 0 Å². The van der Waals surface area contributed by atoms with Crippen LogP contribution in [0.2, 0.25) is 0 Å². The second-order valence-electron chi connectivity index (χ2n) is 5.47. The maximum Gasteiger partial charge on any atom is 0.336 e. The number of aromatic carboxylic acids is 1. The number of hydrogen-bond donors (Lipinski definition) is 2. The van der Waals surface area contributed by atoms with Crippen molar-refractivity contribution in [3.8, 4) is 0 Å². The summed E-state index contributed by atoms with van der Waals surface area (Å²) in [6, 6.07) is 6.97. The summed E-state index contributed by atoms with van der Waals surface area (Å²) in [4.78, 5) is 13.1. The zero-order chi connectivity index (χ0) is 14.6. The minimum Gasteiger partial charge on any atom is -0.478 e. The van der Waals surface area contributed by atoms with Crippen LogP contribution in [0.1, 0.15) is 28.8 Å². The van der Waals surface area contributed by atoms with E-state index in [1.165, 1.54) is 0 Å². The second-order valence-corrected chi connectivity index (χ2v) is 5.47. The van der Waals surface area contributed by atoms with Crippen molar-refractivity contribution in [1.29, 1.82) is 0 Å². The van der Waals surface area contributed by atoms with E-state index in [1.54, 1.807) is 12.1 Å². The molecule has 1 heterocycles. The largest absolute Gasteiger partial charge is 0.478 e. The number of ether oxygens (including phenoxy) is 1. The third kappa shape index (κ3) is 3.79. The van der Waals surface area contributed by atoms with E-state index in [4.69, 9.17) is 9.84 Å². The third-order valence-electron chi connectivity index (χ3n) is 3.68. The highest BCUT2D eigenvalue weighted by atomic mass is 16.5. The van der Waals surface area contributed by atoms with Crippen molar-refractivity contribution < 1.29 is 19.7 Å². The topological polar surface area (TPSA) is 70.0 Å². The molecule has 0 aromatic heterocycles. The molecule has 0 amide bonds. The maximum absolute atomic E-state index is 11.2. The molecule has 1 aliphatic heterocycles. The van der Waals surface area contributed by atoms with Crippen LogP contribution in [-0.2, 0) is 11.3 Å². The standard InChI is InChI=1S/C15H21NO4/c1-16(11-15(19)6-8-20-9-7-15)10-12-4-2-3-5-13(12)14(17)18/h2-5,19H,6-11H2,1H3,(H,17,18).